The van der Waals surface area contributed by atoms with Gasteiger partial charge in [-0.2, -0.15) is 0 Å². The van der Waals surface area contributed by atoms with Crippen molar-refractivity contribution in [2.24, 2.45) is 5.92 Å². The highest BCUT2D eigenvalue weighted by atomic mass is 16.5. The minimum Gasteiger partial charge on any atom is -0.497 e. The Kier molecular flexibility index (Phi) is 7.06. The van der Waals surface area contributed by atoms with E-state index in [1.807, 2.05) is 24.3 Å². The summed E-state index contributed by atoms with van der Waals surface area (Å²) in [5.74, 6) is 1.27. The smallest absolute Gasteiger partial charge is 0.234 e. The lowest BCUT2D eigenvalue weighted by Gasteiger charge is -2.25. The zero-order chi connectivity index (χ0) is 17.5. The topological polar surface area (TPSA) is 44.8 Å². The molecular formula is C19H31N3O2. The molecule has 0 spiro atoms. The van der Waals surface area contributed by atoms with E-state index in [1.165, 1.54) is 0 Å². The molecule has 24 heavy (non-hydrogen) atoms. The molecule has 0 radical (unpaired) electrons. The molecule has 1 unspecified atom stereocenters. The average Bonchev–Trinajstić information content (AvgIpc) is 2.77. The summed E-state index contributed by atoms with van der Waals surface area (Å²) in [6, 6.07) is 7.98. The molecule has 1 N–H and O–H groups in total. The van der Waals surface area contributed by atoms with E-state index in [0.717, 1.165) is 43.9 Å². The molecule has 0 aliphatic carbocycles. The van der Waals surface area contributed by atoms with Crippen LogP contribution in [0.4, 0.5) is 0 Å². The van der Waals surface area contributed by atoms with Crippen molar-refractivity contribution in [2.45, 2.75) is 26.3 Å². The Balaban J connectivity index is 1.95. The van der Waals surface area contributed by atoms with Gasteiger partial charge in [0.1, 0.15) is 5.75 Å². The van der Waals surface area contributed by atoms with Gasteiger partial charge in [-0.15, -0.1) is 0 Å². The van der Waals surface area contributed by atoms with Gasteiger partial charge in [-0.1, -0.05) is 26.0 Å². The first-order chi connectivity index (χ1) is 11.5. The Bertz CT molecular complexity index is 516. The van der Waals surface area contributed by atoms with Gasteiger partial charge in [-0.3, -0.25) is 9.69 Å². The van der Waals surface area contributed by atoms with Gasteiger partial charge in [0.15, 0.2) is 0 Å². The van der Waals surface area contributed by atoms with Crippen LogP contribution in [-0.2, 0) is 4.79 Å². The predicted octanol–water partition coefficient (Wildman–Crippen LogP) is 2.15. The molecule has 0 aromatic heterocycles. The van der Waals surface area contributed by atoms with Crippen LogP contribution in [0.15, 0.2) is 24.3 Å². The van der Waals surface area contributed by atoms with Crippen molar-refractivity contribution in [3.05, 3.63) is 29.8 Å². The molecule has 1 saturated heterocycles. The fourth-order valence-corrected chi connectivity index (χ4v) is 3.13. The van der Waals surface area contributed by atoms with Gasteiger partial charge >= 0.3 is 0 Å². The molecule has 5 heteroatoms. The van der Waals surface area contributed by atoms with Crippen LogP contribution in [0.25, 0.3) is 0 Å². The molecule has 1 aromatic carbocycles. The number of ether oxygens (including phenoxy) is 1. The SMILES string of the molecule is COc1ccc(C(NC(=O)CN2CCCN(C)CC2)C(C)C)cc1. The van der Waals surface area contributed by atoms with Crippen molar-refractivity contribution in [2.75, 3.05) is 46.9 Å². The number of likely N-dealkylation sites (N-methyl/N-ethyl adjacent to an activating group) is 1. The van der Waals surface area contributed by atoms with Gasteiger partial charge < -0.3 is 15.0 Å². The standard InChI is InChI=1S/C19H31N3O2/c1-15(2)19(16-6-8-17(24-4)9-7-16)20-18(23)14-22-11-5-10-21(3)12-13-22/h6-9,15,19H,5,10-14H2,1-4H3,(H,20,23). The molecule has 2 rings (SSSR count). The molecule has 0 saturated carbocycles. The second-order valence-electron chi connectivity index (χ2n) is 7.00. The summed E-state index contributed by atoms with van der Waals surface area (Å²) >= 11 is 0. The van der Waals surface area contributed by atoms with Crippen LogP contribution in [0, 0.1) is 5.92 Å². The van der Waals surface area contributed by atoms with E-state index in [2.05, 4.69) is 36.0 Å². The van der Waals surface area contributed by atoms with E-state index in [0.29, 0.717) is 12.5 Å². The van der Waals surface area contributed by atoms with Gasteiger partial charge in [-0.05, 0) is 50.2 Å². The number of amides is 1. The van der Waals surface area contributed by atoms with E-state index in [-0.39, 0.29) is 11.9 Å². The minimum absolute atomic E-state index is 0.0260. The van der Waals surface area contributed by atoms with Crippen LogP contribution in [0.1, 0.15) is 31.9 Å². The lowest BCUT2D eigenvalue weighted by atomic mass is 9.96. The van der Waals surface area contributed by atoms with E-state index in [1.54, 1.807) is 7.11 Å². The van der Waals surface area contributed by atoms with Crippen molar-refractivity contribution in [3.63, 3.8) is 0 Å². The number of nitrogens with one attached hydrogen (secondary N) is 1. The number of hydrogen-bond acceptors (Lipinski definition) is 4. The normalized spacial score (nSPS) is 18.2. The zero-order valence-corrected chi connectivity index (χ0v) is 15.4. The molecular weight excluding hydrogens is 302 g/mol. The van der Waals surface area contributed by atoms with Crippen LogP contribution >= 0.6 is 0 Å². The van der Waals surface area contributed by atoms with Crippen molar-refractivity contribution in [3.8, 4) is 5.75 Å². The Hall–Kier alpha value is -1.59. The molecule has 1 aliphatic rings. The summed E-state index contributed by atoms with van der Waals surface area (Å²) in [7, 11) is 3.80. The van der Waals surface area contributed by atoms with Crippen molar-refractivity contribution in [1.82, 2.24) is 15.1 Å². The first-order valence-electron chi connectivity index (χ1n) is 8.84. The highest BCUT2D eigenvalue weighted by Gasteiger charge is 2.21. The van der Waals surface area contributed by atoms with Crippen molar-refractivity contribution >= 4 is 5.91 Å². The second-order valence-corrected chi connectivity index (χ2v) is 7.00. The van der Waals surface area contributed by atoms with Crippen molar-refractivity contribution in [1.29, 1.82) is 0 Å². The number of nitrogens with zero attached hydrogens (tertiary/aromatic N) is 2. The Morgan fingerprint density at radius 2 is 1.88 bits per heavy atom. The lowest BCUT2D eigenvalue weighted by Crippen LogP contribution is -2.41. The molecule has 5 nitrogen and oxygen atoms in total. The molecule has 1 aromatic rings. The van der Waals surface area contributed by atoms with E-state index in [4.69, 9.17) is 4.74 Å². The highest BCUT2D eigenvalue weighted by Crippen LogP contribution is 2.23. The molecule has 1 fully saturated rings. The molecule has 1 aliphatic heterocycles. The molecule has 1 amide bonds. The molecule has 134 valence electrons. The number of carbonyl (C=O) groups excluding carboxylic acids is 1. The second kappa shape index (κ2) is 9.04. The molecule has 1 heterocycles. The summed E-state index contributed by atoms with van der Waals surface area (Å²) < 4.78 is 5.21. The first kappa shape index (κ1) is 18.7. The number of rotatable bonds is 6. The average molecular weight is 333 g/mol. The zero-order valence-electron chi connectivity index (χ0n) is 15.4. The maximum absolute atomic E-state index is 12.5. The van der Waals surface area contributed by atoms with Crippen LogP contribution in [0.3, 0.4) is 0 Å². The summed E-state index contributed by atoms with van der Waals surface area (Å²) in [4.78, 5) is 17.1. The maximum Gasteiger partial charge on any atom is 0.234 e. The third-order valence-electron chi connectivity index (χ3n) is 4.64. The monoisotopic (exact) mass is 333 g/mol. The quantitative estimate of drug-likeness (QED) is 0.866. The number of carbonyl (C=O) groups is 1. The fraction of sp³-hybridized carbons (Fsp3) is 0.632. The van der Waals surface area contributed by atoms with Gasteiger partial charge in [0, 0.05) is 13.1 Å². The summed E-state index contributed by atoms with van der Waals surface area (Å²) in [5.41, 5.74) is 1.12. The Morgan fingerprint density at radius 1 is 1.17 bits per heavy atom. The minimum atomic E-state index is 0.0260. The van der Waals surface area contributed by atoms with Crippen LogP contribution < -0.4 is 10.1 Å². The summed E-state index contributed by atoms with van der Waals surface area (Å²) in [6.07, 6.45) is 1.12. The fourth-order valence-electron chi connectivity index (χ4n) is 3.13. The van der Waals surface area contributed by atoms with Gasteiger partial charge in [0.25, 0.3) is 0 Å². The summed E-state index contributed by atoms with van der Waals surface area (Å²) in [6.45, 7) is 8.84. The number of methoxy groups -OCH3 is 1. The number of benzene rings is 1. The third-order valence-corrected chi connectivity index (χ3v) is 4.64. The van der Waals surface area contributed by atoms with Crippen LogP contribution in [0.2, 0.25) is 0 Å². The first-order valence-corrected chi connectivity index (χ1v) is 8.84. The van der Waals surface area contributed by atoms with E-state index in [9.17, 15) is 4.79 Å². The van der Waals surface area contributed by atoms with Gasteiger partial charge in [-0.25, -0.2) is 0 Å². The van der Waals surface area contributed by atoms with Crippen molar-refractivity contribution < 1.29 is 9.53 Å². The van der Waals surface area contributed by atoms with Crippen LogP contribution in [0.5, 0.6) is 5.75 Å². The highest BCUT2D eigenvalue weighted by molar-refractivity contribution is 5.78. The largest absolute Gasteiger partial charge is 0.497 e. The molecule has 1 atom stereocenters. The molecule has 0 bridgehead atoms. The van der Waals surface area contributed by atoms with Gasteiger partial charge in [0.05, 0.1) is 19.7 Å². The van der Waals surface area contributed by atoms with Gasteiger partial charge in [0.2, 0.25) is 5.91 Å². The predicted molar refractivity (Wildman–Crippen MR) is 97.3 cm³/mol. The van der Waals surface area contributed by atoms with Crippen LogP contribution in [-0.4, -0.2) is 62.6 Å². The maximum atomic E-state index is 12.5. The third kappa shape index (κ3) is 5.49. The lowest BCUT2D eigenvalue weighted by molar-refractivity contribution is -0.123. The van der Waals surface area contributed by atoms with E-state index < -0.39 is 0 Å². The Labute approximate surface area is 146 Å². The Morgan fingerprint density at radius 3 is 2.50 bits per heavy atom. The number of hydrogen-bond donors (Lipinski definition) is 1. The van der Waals surface area contributed by atoms with E-state index >= 15 is 0 Å². The summed E-state index contributed by atoms with van der Waals surface area (Å²) in [5, 5.41) is 3.21.